The van der Waals surface area contributed by atoms with Crippen LogP contribution in [0.4, 0.5) is 0 Å². The topological polar surface area (TPSA) is 0 Å². The van der Waals surface area contributed by atoms with Gasteiger partial charge in [0.05, 0.1) is 0 Å². The molecule has 0 spiro atoms. The van der Waals surface area contributed by atoms with Crippen molar-refractivity contribution in [1.82, 2.24) is 0 Å². The molecule has 1 aliphatic rings. The molecule has 0 radical (unpaired) electrons. The molecule has 0 bridgehead atoms. The quantitative estimate of drug-likeness (QED) is 0.410. The van der Waals surface area contributed by atoms with Crippen LogP contribution in [0.2, 0.25) is 0 Å². The van der Waals surface area contributed by atoms with E-state index in [9.17, 15) is 0 Å². The lowest BCUT2D eigenvalue weighted by molar-refractivity contribution is 0.639. The third-order valence-electron chi connectivity index (χ3n) is 4.16. The predicted molar refractivity (Wildman–Crippen MR) is 111 cm³/mol. The van der Waals surface area contributed by atoms with Gasteiger partial charge in [0.2, 0.25) is 0 Å². The van der Waals surface area contributed by atoms with E-state index in [0.29, 0.717) is 5.92 Å². The van der Waals surface area contributed by atoms with Crippen LogP contribution in [0.15, 0.2) is 71.4 Å². The summed E-state index contributed by atoms with van der Waals surface area (Å²) < 4.78 is 0. The molecule has 1 aromatic rings. The number of allylic oxidation sites excluding steroid dienone is 7. The molecule has 120 valence electrons. The Morgan fingerprint density at radius 3 is 2.83 bits per heavy atom. The summed E-state index contributed by atoms with van der Waals surface area (Å²) >= 11 is 1.85. The molecule has 0 aromatic heterocycles. The van der Waals surface area contributed by atoms with E-state index >= 15 is 0 Å². The highest BCUT2D eigenvalue weighted by Gasteiger charge is 2.21. The Kier molecular flexibility index (Phi) is 7.15. The van der Waals surface area contributed by atoms with Gasteiger partial charge in [0.1, 0.15) is 0 Å². The summed E-state index contributed by atoms with van der Waals surface area (Å²) in [6.45, 7) is 6.52. The molecule has 0 heterocycles. The van der Waals surface area contributed by atoms with E-state index in [0.717, 1.165) is 18.4 Å². The standard InChI is InChI=1S/C21H25PS/c1-4-5-8-18-15-19(23-3)11-12-21(18)16(2)20-10-7-6-9-17(20)13-14-22/h4-7,9-14,18H,2,8,15,22H2,1,3H3/b5-4?,14-13-. The van der Waals surface area contributed by atoms with Crippen LogP contribution in [0.5, 0.6) is 0 Å². The number of thioether (sulfide) groups is 1. The van der Waals surface area contributed by atoms with Gasteiger partial charge >= 0.3 is 0 Å². The molecule has 1 aromatic carbocycles. The lowest BCUT2D eigenvalue weighted by Crippen LogP contribution is -2.09. The maximum Gasteiger partial charge on any atom is -0.00760 e. The molecular formula is C21H25PS. The first-order valence-electron chi connectivity index (χ1n) is 7.94. The Balaban J connectivity index is 2.38. The highest BCUT2D eigenvalue weighted by atomic mass is 32.2. The van der Waals surface area contributed by atoms with Crippen molar-refractivity contribution >= 4 is 32.7 Å². The maximum atomic E-state index is 4.43. The normalized spacial score (nSPS) is 18.3. The van der Waals surface area contributed by atoms with Crippen molar-refractivity contribution in [2.45, 2.75) is 19.8 Å². The van der Waals surface area contributed by atoms with Crippen molar-refractivity contribution < 1.29 is 0 Å². The van der Waals surface area contributed by atoms with Gasteiger partial charge in [-0.25, -0.2) is 0 Å². The summed E-state index contributed by atoms with van der Waals surface area (Å²) in [7, 11) is 2.65. The summed E-state index contributed by atoms with van der Waals surface area (Å²) in [5, 5.41) is 0. The Morgan fingerprint density at radius 2 is 2.13 bits per heavy atom. The van der Waals surface area contributed by atoms with E-state index < -0.39 is 0 Å². The summed E-state index contributed by atoms with van der Waals surface area (Å²) in [6.07, 6.45) is 15.4. The molecule has 23 heavy (non-hydrogen) atoms. The van der Waals surface area contributed by atoms with Gasteiger partial charge in [-0.2, -0.15) is 0 Å². The van der Waals surface area contributed by atoms with E-state index in [1.54, 1.807) is 0 Å². The van der Waals surface area contributed by atoms with Gasteiger partial charge < -0.3 is 0 Å². The van der Waals surface area contributed by atoms with Gasteiger partial charge in [-0.15, -0.1) is 21.0 Å². The zero-order chi connectivity index (χ0) is 16.7. The lowest BCUT2D eigenvalue weighted by Gasteiger charge is -2.26. The Morgan fingerprint density at radius 1 is 1.35 bits per heavy atom. The molecule has 0 saturated heterocycles. The Hall–Kier alpha value is -1.30. The van der Waals surface area contributed by atoms with Crippen molar-refractivity contribution in [2.24, 2.45) is 5.92 Å². The molecular weight excluding hydrogens is 315 g/mol. The fraction of sp³-hybridized carbons (Fsp3) is 0.238. The second-order valence-electron chi connectivity index (χ2n) is 5.59. The number of benzene rings is 1. The third-order valence-corrected chi connectivity index (χ3v) is 5.18. The smallest absolute Gasteiger partial charge is 0.00760 e. The zero-order valence-corrected chi connectivity index (χ0v) is 15.9. The van der Waals surface area contributed by atoms with Crippen LogP contribution in [-0.4, -0.2) is 6.26 Å². The first-order valence-corrected chi connectivity index (χ1v) is 9.83. The lowest BCUT2D eigenvalue weighted by atomic mass is 9.81. The zero-order valence-electron chi connectivity index (χ0n) is 14.0. The first kappa shape index (κ1) is 18.0. The van der Waals surface area contributed by atoms with Gasteiger partial charge in [-0.05, 0) is 59.1 Å². The SMILES string of the molecule is C=C(C1=CC=C(SC)CC1CC=CC)c1ccccc1/C=C\P. The molecule has 0 nitrogen and oxygen atoms in total. The minimum atomic E-state index is 0.513. The van der Waals surface area contributed by atoms with Crippen LogP contribution in [0.1, 0.15) is 30.9 Å². The van der Waals surface area contributed by atoms with Crippen LogP contribution < -0.4 is 0 Å². The maximum absolute atomic E-state index is 4.43. The molecule has 0 saturated carbocycles. The number of hydrogen-bond acceptors (Lipinski definition) is 1. The highest BCUT2D eigenvalue weighted by Crippen LogP contribution is 2.39. The minimum absolute atomic E-state index is 0.513. The third kappa shape index (κ3) is 4.59. The van der Waals surface area contributed by atoms with Crippen molar-refractivity contribution in [3.8, 4) is 0 Å². The van der Waals surface area contributed by atoms with E-state index in [2.05, 4.69) is 83.6 Å². The molecule has 2 heteroatoms. The first-order chi connectivity index (χ1) is 11.2. The predicted octanol–water partition coefficient (Wildman–Crippen LogP) is 6.71. The van der Waals surface area contributed by atoms with Crippen LogP contribution in [-0.2, 0) is 0 Å². The molecule has 0 fully saturated rings. The Bertz CT molecular complexity index is 677. The Labute approximate surface area is 147 Å². The van der Waals surface area contributed by atoms with Crippen molar-refractivity contribution in [3.63, 3.8) is 0 Å². The summed E-state index contributed by atoms with van der Waals surface area (Å²) in [6, 6.07) is 8.49. The summed E-state index contributed by atoms with van der Waals surface area (Å²) in [5.41, 5.74) is 4.96. The van der Waals surface area contributed by atoms with Crippen LogP contribution in [0.25, 0.3) is 11.6 Å². The van der Waals surface area contributed by atoms with E-state index in [1.807, 2.05) is 17.6 Å². The molecule has 2 atom stereocenters. The van der Waals surface area contributed by atoms with Crippen LogP contribution in [0.3, 0.4) is 0 Å². The van der Waals surface area contributed by atoms with Crippen molar-refractivity contribution in [3.05, 3.63) is 82.6 Å². The second kappa shape index (κ2) is 9.11. The van der Waals surface area contributed by atoms with E-state index in [1.165, 1.54) is 21.6 Å². The molecule has 0 aliphatic heterocycles. The van der Waals surface area contributed by atoms with Gasteiger partial charge in [0.25, 0.3) is 0 Å². The monoisotopic (exact) mass is 340 g/mol. The highest BCUT2D eigenvalue weighted by molar-refractivity contribution is 8.02. The van der Waals surface area contributed by atoms with Crippen molar-refractivity contribution in [1.29, 1.82) is 0 Å². The largest absolute Gasteiger partial charge is 0.134 e. The summed E-state index contributed by atoms with van der Waals surface area (Å²) in [4.78, 5) is 1.45. The molecule has 0 N–H and O–H groups in total. The fourth-order valence-electron chi connectivity index (χ4n) is 2.93. The van der Waals surface area contributed by atoms with Crippen LogP contribution in [0, 0.1) is 5.92 Å². The summed E-state index contributed by atoms with van der Waals surface area (Å²) in [5.74, 6) is 2.52. The molecule has 2 unspecified atom stereocenters. The molecule has 2 rings (SSSR count). The average Bonchev–Trinajstić information content (AvgIpc) is 2.60. The fourth-order valence-corrected chi connectivity index (χ4v) is 3.70. The molecule has 0 amide bonds. The van der Waals surface area contributed by atoms with E-state index in [4.69, 9.17) is 0 Å². The number of hydrogen-bond donors (Lipinski definition) is 0. The van der Waals surface area contributed by atoms with E-state index in [-0.39, 0.29) is 0 Å². The van der Waals surface area contributed by atoms with Gasteiger partial charge in [0, 0.05) is 0 Å². The average molecular weight is 340 g/mol. The van der Waals surface area contributed by atoms with Gasteiger partial charge in [-0.1, -0.05) is 67.0 Å². The second-order valence-corrected chi connectivity index (χ2v) is 6.91. The molecule has 1 aliphatic carbocycles. The van der Waals surface area contributed by atoms with Gasteiger partial charge in [-0.3, -0.25) is 0 Å². The van der Waals surface area contributed by atoms with Crippen molar-refractivity contribution in [2.75, 3.05) is 6.26 Å². The minimum Gasteiger partial charge on any atom is -0.134 e. The number of rotatable bonds is 6. The van der Waals surface area contributed by atoms with Gasteiger partial charge in [0.15, 0.2) is 0 Å². The van der Waals surface area contributed by atoms with Crippen LogP contribution >= 0.6 is 21.0 Å².